The molecular weight excluding hydrogens is 312 g/mol. The summed E-state index contributed by atoms with van der Waals surface area (Å²) < 4.78 is 5.43. The molecule has 0 spiro atoms. The number of rotatable bonds is 7. The molecule has 0 atom stereocenters. The van der Waals surface area contributed by atoms with E-state index in [4.69, 9.17) is 4.74 Å². The van der Waals surface area contributed by atoms with Crippen LogP contribution in [0.25, 0.3) is 0 Å². The van der Waals surface area contributed by atoms with Crippen molar-refractivity contribution in [1.82, 2.24) is 14.7 Å². The third-order valence-corrected chi connectivity index (χ3v) is 5.36. The minimum absolute atomic E-state index is 0.603. The number of nitrogens with zero attached hydrogens (tertiary/aromatic N) is 4. The van der Waals surface area contributed by atoms with E-state index in [1.807, 2.05) is 7.05 Å². The Kier molecular flexibility index (Phi) is 8.93. The Morgan fingerprint density at radius 2 is 1.60 bits per heavy atom. The summed E-state index contributed by atoms with van der Waals surface area (Å²) in [6.45, 7) is 17.6. The molecule has 5 nitrogen and oxygen atoms in total. The molecule has 0 aromatic rings. The second-order valence-corrected chi connectivity index (χ2v) is 7.49. The van der Waals surface area contributed by atoms with Gasteiger partial charge in [0.1, 0.15) is 5.84 Å². The maximum absolute atomic E-state index is 5.43. The smallest absolute Gasteiger partial charge is 0.123 e. The number of morpholine rings is 1. The summed E-state index contributed by atoms with van der Waals surface area (Å²) in [5, 5.41) is 0. The van der Waals surface area contributed by atoms with Crippen LogP contribution in [0, 0.1) is 5.92 Å². The fourth-order valence-electron chi connectivity index (χ4n) is 3.59. The molecule has 0 unspecified atom stereocenters. The molecule has 0 aromatic carbocycles. The highest BCUT2D eigenvalue weighted by Crippen LogP contribution is 2.17. The van der Waals surface area contributed by atoms with Crippen LogP contribution >= 0.6 is 0 Å². The van der Waals surface area contributed by atoms with E-state index in [2.05, 4.69) is 46.5 Å². The molecule has 2 aliphatic heterocycles. The van der Waals surface area contributed by atoms with E-state index in [9.17, 15) is 0 Å². The number of piperazine rings is 1. The van der Waals surface area contributed by atoms with Gasteiger partial charge in [0.05, 0.1) is 13.2 Å². The van der Waals surface area contributed by atoms with Gasteiger partial charge in [0.25, 0.3) is 0 Å². The van der Waals surface area contributed by atoms with Crippen molar-refractivity contribution in [2.75, 3.05) is 72.6 Å². The Balaban J connectivity index is 1.79. The van der Waals surface area contributed by atoms with E-state index in [1.165, 1.54) is 37.3 Å². The molecule has 144 valence electrons. The zero-order valence-electron chi connectivity index (χ0n) is 16.8. The van der Waals surface area contributed by atoms with Crippen LogP contribution < -0.4 is 0 Å². The van der Waals surface area contributed by atoms with Crippen LogP contribution in [0.5, 0.6) is 0 Å². The number of ether oxygens (including phenoxy) is 1. The lowest BCUT2D eigenvalue weighted by molar-refractivity contribution is 0.0315. The van der Waals surface area contributed by atoms with Crippen molar-refractivity contribution in [2.45, 2.75) is 33.6 Å². The topological polar surface area (TPSA) is 31.3 Å². The average molecular weight is 351 g/mol. The maximum atomic E-state index is 5.43. The predicted octanol–water partition coefficient (Wildman–Crippen LogP) is 2.35. The first kappa shape index (κ1) is 20.4. The van der Waals surface area contributed by atoms with Gasteiger partial charge in [-0.15, -0.1) is 0 Å². The highest BCUT2D eigenvalue weighted by molar-refractivity contribution is 5.93. The normalized spacial score (nSPS) is 22.0. The van der Waals surface area contributed by atoms with Gasteiger partial charge in [-0.1, -0.05) is 32.8 Å². The van der Waals surface area contributed by atoms with Gasteiger partial charge in [0.15, 0.2) is 0 Å². The third-order valence-electron chi connectivity index (χ3n) is 5.36. The number of aliphatic imine (C=N–C) groups is 1. The van der Waals surface area contributed by atoms with Crippen molar-refractivity contribution in [2.24, 2.45) is 10.9 Å². The lowest BCUT2D eigenvalue weighted by Crippen LogP contribution is -2.50. The average Bonchev–Trinajstić information content (AvgIpc) is 2.64. The van der Waals surface area contributed by atoms with Crippen LogP contribution in [0.3, 0.4) is 0 Å². The number of amidine groups is 1. The molecule has 0 radical (unpaired) electrons. The zero-order valence-corrected chi connectivity index (χ0v) is 16.8. The summed E-state index contributed by atoms with van der Waals surface area (Å²) in [6, 6.07) is 0. The highest BCUT2D eigenvalue weighted by atomic mass is 16.5. The predicted molar refractivity (Wildman–Crippen MR) is 106 cm³/mol. The van der Waals surface area contributed by atoms with Gasteiger partial charge in [-0.3, -0.25) is 14.8 Å². The lowest BCUT2D eigenvalue weighted by Gasteiger charge is -2.37. The van der Waals surface area contributed by atoms with Crippen molar-refractivity contribution in [3.8, 4) is 0 Å². The number of hydrogen-bond acceptors (Lipinski definition) is 4. The van der Waals surface area contributed by atoms with Gasteiger partial charge < -0.3 is 9.64 Å². The van der Waals surface area contributed by atoms with Crippen LogP contribution in [-0.4, -0.2) is 93.2 Å². The largest absolute Gasteiger partial charge is 0.379 e. The molecule has 25 heavy (non-hydrogen) atoms. The first-order chi connectivity index (χ1) is 12.1. The van der Waals surface area contributed by atoms with Crippen molar-refractivity contribution < 1.29 is 4.74 Å². The second kappa shape index (κ2) is 10.9. The molecule has 2 heterocycles. The number of hydrogen-bond donors (Lipinski definition) is 0. The maximum Gasteiger partial charge on any atom is 0.123 e. The van der Waals surface area contributed by atoms with Crippen LogP contribution in [0.15, 0.2) is 16.6 Å². The Bertz CT molecular complexity index is 433. The third kappa shape index (κ3) is 6.72. The SMILES string of the molecule is CCC/C(=C\C(=NC)N1CCN(CCN2CCOCC2)CC1)C(C)C. The highest BCUT2D eigenvalue weighted by Gasteiger charge is 2.20. The van der Waals surface area contributed by atoms with Crippen molar-refractivity contribution in [1.29, 1.82) is 0 Å². The lowest BCUT2D eigenvalue weighted by atomic mass is 9.98. The fourth-order valence-corrected chi connectivity index (χ4v) is 3.59. The van der Waals surface area contributed by atoms with E-state index in [0.717, 1.165) is 52.5 Å². The molecule has 0 saturated carbocycles. The van der Waals surface area contributed by atoms with Gasteiger partial charge in [-0.25, -0.2) is 0 Å². The molecule has 2 saturated heterocycles. The molecule has 0 N–H and O–H groups in total. The van der Waals surface area contributed by atoms with Crippen LogP contribution in [-0.2, 0) is 4.74 Å². The van der Waals surface area contributed by atoms with E-state index in [1.54, 1.807) is 0 Å². The van der Waals surface area contributed by atoms with E-state index in [0.29, 0.717) is 5.92 Å². The van der Waals surface area contributed by atoms with Crippen molar-refractivity contribution >= 4 is 5.84 Å². The van der Waals surface area contributed by atoms with Gasteiger partial charge in [0.2, 0.25) is 0 Å². The van der Waals surface area contributed by atoms with Crippen molar-refractivity contribution in [3.63, 3.8) is 0 Å². The number of allylic oxidation sites excluding steroid dienone is 1. The zero-order chi connectivity index (χ0) is 18.1. The summed E-state index contributed by atoms with van der Waals surface area (Å²) in [6.07, 6.45) is 4.73. The van der Waals surface area contributed by atoms with E-state index in [-0.39, 0.29) is 0 Å². The van der Waals surface area contributed by atoms with Gasteiger partial charge >= 0.3 is 0 Å². The van der Waals surface area contributed by atoms with Crippen molar-refractivity contribution in [3.05, 3.63) is 11.6 Å². The molecule has 0 aromatic heterocycles. The van der Waals surface area contributed by atoms with Crippen LogP contribution in [0.1, 0.15) is 33.6 Å². The van der Waals surface area contributed by atoms with Gasteiger partial charge in [0, 0.05) is 59.4 Å². The fraction of sp³-hybridized carbons (Fsp3) is 0.850. The van der Waals surface area contributed by atoms with Crippen LogP contribution in [0.4, 0.5) is 0 Å². The summed E-state index contributed by atoms with van der Waals surface area (Å²) in [5.41, 5.74) is 1.53. The summed E-state index contributed by atoms with van der Waals surface area (Å²) >= 11 is 0. The molecule has 2 rings (SSSR count). The summed E-state index contributed by atoms with van der Waals surface area (Å²) in [7, 11) is 1.93. The molecule has 2 fully saturated rings. The van der Waals surface area contributed by atoms with Crippen LogP contribution in [0.2, 0.25) is 0 Å². The molecular formula is C20H38N4O. The minimum Gasteiger partial charge on any atom is -0.379 e. The molecule has 0 bridgehead atoms. The van der Waals surface area contributed by atoms with E-state index < -0.39 is 0 Å². The molecule has 5 heteroatoms. The second-order valence-electron chi connectivity index (χ2n) is 7.49. The first-order valence-electron chi connectivity index (χ1n) is 10.1. The summed E-state index contributed by atoms with van der Waals surface area (Å²) in [4.78, 5) is 12.2. The Morgan fingerprint density at radius 3 is 2.12 bits per heavy atom. The standard InChI is InChI=1S/C20H38N4O/c1-5-6-19(18(2)3)17-20(21-4)24-11-9-22(10-12-24)7-8-23-13-15-25-16-14-23/h17-18H,5-16H2,1-4H3/b19-17+,21-20?. The summed E-state index contributed by atoms with van der Waals surface area (Å²) in [5.74, 6) is 1.77. The molecule has 2 aliphatic rings. The van der Waals surface area contributed by atoms with E-state index >= 15 is 0 Å². The van der Waals surface area contributed by atoms with Gasteiger partial charge in [-0.2, -0.15) is 0 Å². The monoisotopic (exact) mass is 350 g/mol. The Labute approximate surface area is 154 Å². The molecule has 0 aliphatic carbocycles. The first-order valence-corrected chi connectivity index (χ1v) is 10.1. The Hall–Kier alpha value is -0.910. The van der Waals surface area contributed by atoms with Gasteiger partial charge in [-0.05, 0) is 18.4 Å². The minimum atomic E-state index is 0.603. The quantitative estimate of drug-likeness (QED) is 0.521. The Morgan fingerprint density at radius 1 is 1.00 bits per heavy atom. The molecule has 0 amide bonds.